The number of aryl methyl sites for hydroxylation is 1. The van der Waals surface area contributed by atoms with E-state index in [9.17, 15) is 0 Å². The number of rotatable bonds is 4. The second-order valence-electron chi connectivity index (χ2n) is 8.43. The first-order chi connectivity index (χ1) is 16.7. The highest BCUT2D eigenvalue weighted by Crippen LogP contribution is 2.50. The van der Waals surface area contributed by atoms with Crippen LogP contribution in [0.25, 0.3) is 5.70 Å². The third kappa shape index (κ3) is 3.20. The van der Waals surface area contributed by atoms with E-state index in [4.69, 9.17) is 14.2 Å². The van der Waals surface area contributed by atoms with Gasteiger partial charge in [0.05, 0.1) is 19.9 Å². The van der Waals surface area contributed by atoms with E-state index >= 15 is 0 Å². The van der Waals surface area contributed by atoms with Gasteiger partial charge in [0.2, 0.25) is 5.95 Å². The van der Waals surface area contributed by atoms with E-state index in [2.05, 4.69) is 58.7 Å². The van der Waals surface area contributed by atoms with Gasteiger partial charge in [-0.05, 0) is 54.4 Å². The lowest BCUT2D eigenvalue weighted by atomic mass is 9.84. The van der Waals surface area contributed by atoms with Crippen LogP contribution in [0.4, 0.5) is 5.95 Å². The molecule has 2 aliphatic rings. The monoisotopic (exact) mass is 452 g/mol. The zero-order valence-corrected chi connectivity index (χ0v) is 19.1. The number of methoxy groups -OCH3 is 2. The Morgan fingerprint density at radius 2 is 1.56 bits per heavy atom. The molecule has 0 amide bonds. The standard InChI is InChI=1S/C27H24N4O3/c1-16-4-13-22-21(14-16)24-23(26(34-22)18-7-11-20(33-3)12-8-18)25(31-27(30-24)28-15-29-31)17-5-9-19(32-2)10-6-17/h4-15,25-26H,1-3H3,(H,28,29,30)/t25-,26-/m1/s1. The quantitative estimate of drug-likeness (QED) is 0.461. The lowest BCUT2D eigenvalue weighted by molar-refractivity contribution is 0.223. The van der Waals surface area contributed by atoms with Gasteiger partial charge in [-0.1, -0.05) is 35.9 Å². The van der Waals surface area contributed by atoms with Gasteiger partial charge in [-0.3, -0.25) is 0 Å². The van der Waals surface area contributed by atoms with Crippen molar-refractivity contribution in [2.24, 2.45) is 0 Å². The number of hydrogen-bond acceptors (Lipinski definition) is 6. The van der Waals surface area contributed by atoms with Crippen molar-refractivity contribution in [2.75, 3.05) is 19.5 Å². The van der Waals surface area contributed by atoms with Crippen molar-refractivity contribution in [3.8, 4) is 17.2 Å². The summed E-state index contributed by atoms with van der Waals surface area (Å²) < 4.78 is 19.4. The number of aromatic nitrogens is 3. The molecular weight excluding hydrogens is 428 g/mol. The molecule has 4 aromatic rings. The van der Waals surface area contributed by atoms with Crippen molar-refractivity contribution < 1.29 is 14.2 Å². The Kier molecular flexibility index (Phi) is 4.76. The fraction of sp³-hybridized carbons (Fsp3) is 0.185. The van der Waals surface area contributed by atoms with Gasteiger partial charge in [-0.2, -0.15) is 10.1 Å². The molecule has 1 N–H and O–H groups in total. The zero-order valence-electron chi connectivity index (χ0n) is 19.1. The highest BCUT2D eigenvalue weighted by molar-refractivity contribution is 5.85. The maximum absolute atomic E-state index is 6.68. The summed E-state index contributed by atoms with van der Waals surface area (Å²) in [5, 5.41) is 8.13. The molecule has 0 saturated carbocycles. The van der Waals surface area contributed by atoms with Gasteiger partial charge in [0.25, 0.3) is 0 Å². The molecule has 0 fully saturated rings. The molecule has 0 unspecified atom stereocenters. The van der Waals surface area contributed by atoms with Crippen molar-refractivity contribution in [3.63, 3.8) is 0 Å². The minimum Gasteiger partial charge on any atom is -0.497 e. The molecule has 0 bridgehead atoms. The predicted molar refractivity (Wildman–Crippen MR) is 129 cm³/mol. The number of nitrogens with zero attached hydrogens (tertiary/aromatic N) is 3. The van der Waals surface area contributed by atoms with Crippen LogP contribution in [0.5, 0.6) is 17.2 Å². The Bertz CT molecular complexity index is 1390. The molecule has 1 aromatic heterocycles. The summed E-state index contributed by atoms with van der Waals surface area (Å²) in [5.41, 5.74) is 6.36. The topological polar surface area (TPSA) is 70.4 Å². The van der Waals surface area contributed by atoms with Crippen LogP contribution in [-0.4, -0.2) is 29.0 Å². The summed E-state index contributed by atoms with van der Waals surface area (Å²) in [6, 6.07) is 22.2. The molecule has 2 atom stereocenters. The molecule has 0 saturated heterocycles. The van der Waals surface area contributed by atoms with Crippen LogP contribution >= 0.6 is 0 Å². The smallest absolute Gasteiger partial charge is 0.226 e. The molecule has 0 radical (unpaired) electrons. The lowest BCUT2D eigenvalue weighted by Crippen LogP contribution is -2.32. The Balaban J connectivity index is 1.59. The molecule has 34 heavy (non-hydrogen) atoms. The van der Waals surface area contributed by atoms with E-state index in [1.165, 1.54) is 0 Å². The minimum absolute atomic E-state index is 0.208. The van der Waals surface area contributed by atoms with Crippen LogP contribution in [0.15, 0.2) is 78.6 Å². The second-order valence-corrected chi connectivity index (χ2v) is 8.43. The first kappa shape index (κ1) is 20.4. The van der Waals surface area contributed by atoms with Crippen molar-refractivity contribution in [3.05, 3.63) is 101 Å². The summed E-state index contributed by atoms with van der Waals surface area (Å²) in [6.07, 6.45) is 1.26. The Morgan fingerprint density at radius 1 is 0.882 bits per heavy atom. The molecule has 7 heteroatoms. The number of benzene rings is 3. The maximum Gasteiger partial charge on any atom is 0.226 e. The fourth-order valence-electron chi connectivity index (χ4n) is 4.74. The number of nitrogens with one attached hydrogen (secondary N) is 1. The van der Waals surface area contributed by atoms with Crippen molar-refractivity contribution in [2.45, 2.75) is 19.1 Å². The molecule has 3 heterocycles. The van der Waals surface area contributed by atoms with Gasteiger partial charge < -0.3 is 19.5 Å². The van der Waals surface area contributed by atoms with Crippen LogP contribution in [0.1, 0.15) is 34.4 Å². The van der Waals surface area contributed by atoms with Crippen LogP contribution in [-0.2, 0) is 0 Å². The van der Waals surface area contributed by atoms with Crippen molar-refractivity contribution in [1.29, 1.82) is 0 Å². The molecule has 0 spiro atoms. The van der Waals surface area contributed by atoms with Crippen LogP contribution in [0, 0.1) is 6.92 Å². The van der Waals surface area contributed by atoms with Crippen molar-refractivity contribution in [1.82, 2.24) is 14.8 Å². The Morgan fingerprint density at radius 3 is 2.24 bits per heavy atom. The average molecular weight is 453 g/mol. The molecule has 7 nitrogen and oxygen atoms in total. The molecule has 0 aliphatic carbocycles. The average Bonchev–Trinajstić information content (AvgIpc) is 3.35. The molecule has 2 aliphatic heterocycles. The second kappa shape index (κ2) is 7.95. The summed E-state index contributed by atoms with van der Waals surface area (Å²) in [5.74, 6) is 3.14. The highest BCUT2D eigenvalue weighted by Gasteiger charge is 2.41. The fourth-order valence-corrected chi connectivity index (χ4v) is 4.74. The summed E-state index contributed by atoms with van der Waals surface area (Å²) in [7, 11) is 3.34. The summed E-state index contributed by atoms with van der Waals surface area (Å²) >= 11 is 0. The Labute approximate surface area is 197 Å². The molecule has 170 valence electrons. The third-order valence-electron chi connectivity index (χ3n) is 6.42. The van der Waals surface area contributed by atoms with Crippen molar-refractivity contribution >= 4 is 11.6 Å². The minimum atomic E-state index is -0.326. The van der Waals surface area contributed by atoms with E-state index in [1.807, 2.05) is 35.0 Å². The van der Waals surface area contributed by atoms with Gasteiger partial charge in [-0.25, -0.2) is 4.68 Å². The van der Waals surface area contributed by atoms with Gasteiger partial charge in [0.15, 0.2) is 0 Å². The number of fused-ring (bicyclic) bond motifs is 3. The third-order valence-corrected chi connectivity index (χ3v) is 6.42. The SMILES string of the molecule is COc1ccc([C@H]2Oc3ccc(C)cc3C3=C2[C@@H](c2ccc(OC)cc2)n2ncnc2N3)cc1. The van der Waals surface area contributed by atoms with Crippen LogP contribution < -0.4 is 19.5 Å². The lowest BCUT2D eigenvalue weighted by Gasteiger charge is -2.39. The number of ether oxygens (including phenoxy) is 3. The van der Waals surface area contributed by atoms with Crippen LogP contribution in [0.2, 0.25) is 0 Å². The van der Waals surface area contributed by atoms with E-state index in [1.54, 1.807) is 20.5 Å². The maximum atomic E-state index is 6.68. The Hall–Kier alpha value is -4.26. The van der Waals surface area contributed by atoms with Gasteiger partial charge in [-0.15, -0.1) is 0 Å². The molecule has 6 rings (SSSR count). The van der Waals surface area contributed by atoms with E-state index < -0.39 is 0 Å². The van der Waals surface area contributed by atoms with E-state index in [-0.39, 0.29) is 12.1 Å². The number of anilines is 1. The zero-order chi connectivity index (χ0) is 23.2. The molecular formula is C27H24N4O3. The normalized spacial score (nSPS) is 18.2. The summed E-state index contributed by atoms with van der Waals surface area (Å²) in [6.45, 7) is 2.09. The molecule has 3 aromatic carbocycles. The van der Waals surface area contributed by atoms with Crippen LogP contribution in [0.3, 0.4) is 0 Å². The van der Waals surface area contributed by atoms with E-state index in [0.717, 1.165) is 50.8 Å². The first-order valence-electron chi connectivity index (χ1n) is 11.1. The van der Waals surface area contributed by atoms with Gasteiger partial charge >= 0.3 is 0 Å². The number of hydrogen-bond donors (Lipinski definition) is 1. The van der Waals surface area contributed by atoms with Gasteiger partial charge in [0.1, 0.15) is 35.7 Å². The van der Waals surface area contributed by atoms with Gasteiger partial charge in [0, 0.05) is 11.1 Å². The first-order valence-corrected chi connectivity index (χ1v) is 11.1. The van der Waals surface area contributed by atoms with E-state index in [0.29, 0.717) is 5.95 Å². The summed E-state index contributed by atoms with van der Waals surface area (Å²) in [4.78, 5) is 4.50. The predicted octanol–water partition coefficient (Wildman–Crippen LogP) is 5.16. The highest BCUT2D eigenvalue weighted by atomic mass is 16.5. The largest absolute Gasteiger partial charge is 0.497 e.